The van der Waals surface area contributed by atoms with E-state index in [0.717, 1.165) is 17.4 Å². The Morgan fingerprint density at radius 1 is 1.38 bits per heavy atom. The van der Waals surface area contributed by atoms with Crippen LogP contribution in [0.2, 0.25) is 0 Å². The maximum atomic E-state index is 13.0. The predicted molar refractivity (Wildman–Crippen MR) is 59.6 cm³/mol. The summed E-state index contributed by atoms with van der Waals surface area (Å²) in [5.41, 5.74) is 0.945. The SMILES string of the molecule is Fc1cccc(CNCCBr)c1Br. The lowest BCUT2D eigenvalue weighted by molar-refractivity contribution is 0.614. The number of benzene rings is 1. The first kappa shape index (κ1) is 11.1. The van der Waals surface area contributed by atoms with E-state index < -0.39 is 0 Å². The zero-order valence-corrected chi connectivity index (χ0v) is 10.2. The monoisotopic (exact) mass is 309 g/mol. The van der Waals surface area contributed by atoms with Crippen molar-refractivity contribution in [3.05, 3.63) is 34.1 Å². The lowest BCUT2D eigenvalue weighted by atomic mass is 10.2. The smallest absolute Gasteiger partial charge is 0.137 e. The van der Waals surface area contributed by atoms with Crippen LogP contribution in [-0.2, 0) is 6.54 Å². The Bertz CT molecular complexity index is 278. The van der Waals surface area contributed by atoms with Crippen molar-refractivity contribution >= 4 is 31.9 Å². The summed E-state index contributed by atoms with van der Waals surface area (Å²) in [5.74, 6) is -0.210. The molecule has 1 nitrogen and oxygen atoms in total. The minimum atomic E-state index is -0.210. The van der Waals surface area contributed by atoms with Crippen molar-refractivity contribution in [1.29, 1.82) is 0 Å². The average Bonchev–Trinajstić information content (AvgIpc) is 2.13. The first-order chi connectivity index (χ1) is 6.25. The molecule has 0 aliphatic rings. The molecule has 0 spiro atoms. The molecule has 4 heteroatoms. The van der Waals surface area contributed by atoms with E-state index in [4.69, 9.17) is 0 Å². The third-order valence-corrected chi connectivity index (χ3v) is 2.90. The maximum absolute atomic E-state index is 13.0. The van der Waals surface area contributed by atoms with Crippen molar-refractivity contribution in [3.63, 3.8) is 0 Å². The molecule has 0 aliphatic carbocycles. The molecule has 1 aromatic rings. The summed E-state index contributed by atoms with van der Waals surface area (Å²) in [6, 6.07) is 5.05. The van der Waals surface area contributed by atoms with Crippen LogP contribution in [0.25, 0.3) is 0 Å². The molecule has 0 unspecified atom stereocenters. The van der Waals surface area contributed by atoms with Gasteiger partial charge in [-0.2, -0.15) is 0 Å². The molecule has 0 fully saturated rings. The first-order valence-corrected chi connectivity index (χ1v) is 5.86. The highest BCUT2D eigenvalue weighted by Gasteiger charge is 2.03. The molecule has 0 saturated heterocycles. The van der Waals surface area contributed by atoms with E-state index in [0.29, 0.717) is 11.0 Å². The van der Waals surface area contributed by atoms with Gasteiger partial charge in [-0.1, -0.05) is 28.1 Å². The fourth-order valence-electron chi connectivity index (χ4n) is 0.975. The molecule has 1 aromatic carbocycles. The Morgan fingerprint density at radius 2 is 2.15 bits per heavy atom. The predicted octanol–water partition coefficient (Wildman–Crippen LogP) is 3.07. The first-order valence-electron chi connectivity index (χ1n) is 3.95. The molecule has 0 heterocycles. The zero-order chi connectivity index (χ0) is 9.68. The van der Waals surface area contributed by atoms with Crippen molar-refractivity contribution in [2.45, 2.75) is 6.54 Å². The number of halogens is 3. The Kier molecular flexibility index (Phi) is 4.91. The molecular weight excluding hydrogens is 301 g/mol. The third-order valence-electron chi connectivity index (χ3n) is 1.62. The second-order valence-electron chi connectivity index (χ2n) is 2.58. The summed E-state index contributed by atoms with van der Waals surface area (Å²) in [5, 5.41) is 4.08. The molecule has 72 valence electrons. The highest BCUT2D eigenvalue weighted by atomic mass is 79.9. The van der Waals surface area contributed by atoms with Crippen molar-refractivity contribution in [2.24, 2.45) is 0 Å². The molecule has 0 aliphatic heterocycles. The number of rotatable bonds is 4. The van der Waals surface area contributed by atoms with E-state index in [1.807, 2.05) is 6.07 Å². The van der Waals surface area contributed by atoms with Gasteiger partial charge in [0.05, 0.1) is 4.47 Å². The van der Waals surface area contributed by atoms with Crippen molar-refractivity contribution in [2.75, 3.05) is 11.9 Å². The van der Waals surface area contributed by atoms with Crippen LogP contribution in [-0.4, -0.2) is 11.9 Å². The second-order valence-corrected chi connectivity index (χ2v) is 4.16. The van der Waals surface area contributed by atoms with Gasteiger partial charge in [-0.3, -0.25) is 0 Å². The van der Waals surface area contributed by atoms with E-state index in [-0.39, 0.29) is 5.82 Å². The zero-order valence-electron chi connectivity index (χ0n) is 6.99. The molecule has 0 bridgehead atoms. The van der Waals surface area contributed by atoms with Gasteiger partial charge in [0.15, 0.2) is 0 Å². The molecule has 0 amide bonds. The lowest BCUT2D eigenvalue weighted by Gasteiger charge is -2.05. The van der Waals surface area contributed by atoms with Crippen LogP contribution >= 0.6 is 31.9 Å². The van der Waals surface area contributed by atoms with Gasteiger partial charge in [0.2, 0.25) is 0 Å². The number of nitrogens with one attached hydrogen (secondary N) is 1. The van der Waals surface area contributed by atoms with Gasteiger partial charge in [-0.15, -0.1) is 0 Å². The van der Waals surface area contributed by atoms with Crippen LogP contribution in [0.1, 0.15) is 5.56 Å². The Hall–Kier alpha value is 0.0700. The van der Waals surface area contributed by atoms with E-state index >= 15 is 0 Å². The fraction of sp³-hybridized carbons (Fsp3) is 0.333. The van der Waals surface area contributed by atoms with Gasteiger partial charge in [-0.25, -0.2) is 4.39 Å². The normalized spacial score (nSPS) is 10.4. The van der Waals surface area contributed by atoms with Crippen LogP contribution in [0.3, 0.4) is 0 Å². The second kappa shape index (κ2) is 5.73. The molecule has 1 rings (SSSR count). The average molecular weight is 311 g/mol. The molecule has 1 N–H and O–H groups in total. The summed E-state index contributed by atoms with van der Waals surface area (Å²) in [6.07, 6.45) is 0. The summed E-state index contributed by atoms with van der Waals surface area (Å²) >= 11 is 6.51. The quantitative estimate of drug-likeness (QED) is 0.666. The molecule has 13 heavy (non-hydrogen) atoms. The Balaban J connectivity index is 2.61. The Labute approximate surface area is 94.0 Å². The standard InChI is InChI=1S/C9H10Br2FN/c10-4-5-13-6-7-2-1-3-8(12)9(7)11/h1-3,13H,4-6H2. The van der Waals surface area contributed by atoms with E-state index in [1.165, 1.54) is 6.07 Å². The highest BCUT2D eigenvalue weighted by Crippen LogP contribution is 2.19. The topological polar surface area (TPSA) is 12.0 Å². The molecule has 0 saturated carbocycles. The van der Waals surface area contributed by atoms with Gasteiger partial charge >= 0.3 is 0 Å². The van der Waals surface area contributed by atoms with Crippen LogP contribution in [0.4, 0.5) is 4.39 Å². The van der Waals surface area contributed by atoms with E-state index in [1.54, 1.807) is 6.07 Å². The third kappa shape index (κ3) is 3.37. The minimum Gasteiger partial charge on any atom is -0.312 e. The maximum Gasteiger partial charge on any atom is 0.137 e. The van der Waals surface area contributed by atoms with Crippen molar-refractivity contribution in [3.8, 4) is 0 Å². The largest absolute Gasteiger partial charge is 0.312 e. The Morgan fingerprint density at radius 3 is 2.85 bits per heavy atom. The van der Waals surface area contributed by atoms with Crippen molar-refractivity contribution in [1.82, 2.24) is 5.32 Å². The lowest BCUT2D eigenvalue weighted by Crippen LogP contribution is -2.15. The molecular formula is C9H10Br2FN. The van der Waals surface area contributed by atoms with Crippen LogP contribution in [0.5, 0.6) is 0 Å². The van der Waals surface area contributed by atoms with E-state index in [9.17, 15) is 4.39 Å². The number of hydrogen-bond donors (Lipinski definition) is 1. The van der Waals surface area contributed by atoms with Gasteiger partial charge in [0.25, 0.3) is 0 Å². The number of hydrogen-bond acceptors (Lipinski definition) is 1. The minimum absolute atomic E-state index is 0.210. The van der Waals surface area contributed by atoms with Crippen LogP contribution in [0, 0.1) is 5.82 Å². The highest BCUT2D eigenvalue weighted by molar-refractivity contribution is 9.10. The summed E-state index contributed by atoms with van der Waals surface area (Å²) in [7, 11) is 0. The summed E-state index contributed by atoms with van der Waals surface area (Å²) in [4.78, 5) is 0. The fourth-order valence-corrected chi connectivity index (χ4v) is 1.66. The van der Waals surface area contributed by atoms with Crippen LogP contribution < -0.4 is 5.32 Å². The molecule has 0 atom stereocenters. The van der Waals surface area contributed by atoms with Crippen LogP contribution in [0.15, 0.2) is 22.7 Å². The van der Waals surface area contributed by atoms with E-state index in [2.05, 4.69) is 37.2 Å². The van der Waals surface area contributed by atoms with Gasteiger partial charge in [0.1, 0.15) is 5.82 Å². The van der Waals surface area contributed by atoms with Crippen molar-refractivity contribution < 1.29 is 4.39 Å². The summed E-state index contributed by atoms with van der Waals surface area (Å²) in [6.45, 7) is 1.56. The summed E-state index contributed by atoms with van der Waals surface area (Å²) < 4.78 is 13.6. The van der Waals surface area contributed by atoms with Gasteiger partial charge in [-0.05, 0) is 27.6 Å². The number of alkyl halides is 1. The molecule has 0 radical (unpaired) electrons. The molecule has 0 aromatic heterocycles. The van der Waals surface area contributed by atoms with Gasteiger partial charge in [0, 0.05) is 18.4 Å². The van der Waals surface area contributed by atoms with Gasteiger partial charge < -0.3 is 5.32 Å².